The van der Waals surface area contributed by atoms with Gasteiger partial charge < -0.3 is 5.32 Å². The van der Waals surface area contributed by atoms with Crippen molar-refractivity contribution < 1.29 is 4.92 Å². The topological polar surface area (TPSA) is 73.0 Å². The average Bonchev–Trinajstić information content (AvgIpc) is 2.56. The van der Waals surface area contributed by atoms with Gasteiger partial charge in [-0.25, -0.2) is 0 Å². The predicted octanol–water partition coefficient (Wildman–Crippen LogP) is 2.03. The monoisotopic (exact) mass is 226 g/mol. The largest absolute Gasteiger partial charge is 0.363 e. The molecule has 0 radical (unpaired) electrons. The minimum absolute atomic E-state index is 0.0263. The van der Waals surface area contributed by atoms with E-state index in [0.29, 0.717) is 24.2 Å². The Labute approximate surface area is 94.8 Å². The van der Waals surface area contributed by atoms with Gasteiger partial charge in [-0.1, -0.05) is 20.8 Å². The van der Waals surface area contributed by atoms with E-state index in [1.54, 1.807) is 7.05 Å². The third kappa shape index (κ3) is 2.95. The molecule has 0 amide bonds. The van der Waals surface area contributed by atoms with Crippen LogP contribution in [0.25, 0.3) is 0 Å². The number of anilines is 1. The van der Waals surface area contributed by atoms with E-state index in [1.807, 2.05) is 0 Å². The summed E-state index contributed by atoms with van der Waals surface area (Å²) in [4.78, 5) is 10.3. The van der Waals surface area contributed by atoms with E-state index >= 15 is 0 Å². The molecule has 1 heterocycles. The molecule has 1 atom stereocenters. The normalized spacial score (nSPS) is 12.8. The predicted molar refractivity (Wildman–Crippen MR) is 62.4 cm³/mol. The lowest BCUT2D eigenvalue weighted by atomic mass is 9.98. The molecule has 1 unspecified atom stereocenters. The van der Waals surface area contributed by atoms with E-state index in [1.165, 1.54) is 10.9 Å². The van der Waals surface area contributed by atoms with Gasteiger partial charge in [0.15, 0.2) is 0 Å². The van der Waals surface area contributed by atoms with Crippen LogP contribution < -0.4 is 5.32 Å². The van der Waals surface area contributed by atoms with Gasteiger partial charge in [0.1, 0.15) is 6.20 Å². The molecule has 0 bridgehead atoms. The Balaban J connectivity index is 2.70. The second kappa shape index (κ2) is 4.96. The van der Waals surface area contributed by atoms with Crippen LogP contribution in [-0.4, -0.2) is 21.2 Å². The number of nitrogens with one attached hydrogen (secondary N) is 1. The van der Waals surface area contributed by atoms with Crippen molar-refractivity contribution >= 4 is 11.5 Å². The molecule has 6 nitrogen and oxygen atoms in total. The highest BCUT2D eigenvalue weighted by Gasteiger charge is 2.18. The van der Waals surface area contributed by atoms with E-state index < -0.39 is 4.92 Å². The molecule has 0 saturated heterocycles. The summed E-state index contributed by atoms with van der Waals surface area (Å²) in [7, 11) is 1.67. The minimum atomic E-state index is -0.421. The van der Waals surface area contributed by atoms with Crippen LogP contribution in [0.1, 0.15) is 20.8 Å². The van der Waals surface area contributed by atoms with Crippen molar-refractivity contribution in [2.45, 2.75) is 20.8 Å². The molecule has 0 aromatic carbocycles. The third-order valence-corrected chi connectivity index (χ3v) is 2.74. The van der Waals surface area contributed by atoms with Crippen LogP contribution in [0.5, 0.6) is 0 Å². The molecule has 1 aromatic rings. The molecular weight excluding hydrogens is 208 g/mol. The summed E-state index contributed by atoms with van der Waals surface area (Å²) in [6, 6.07) is 0. The molecule has 16 heavy (non-hydrogen) atoms. The zero-order valence-electron chi connectivity index (χ0n) is 10.1. The summed E-state index contributed by atoms with van der Waals surface area (Å²) in [5.74, 6) is 1.33. The summed E-state index contributed by atoms with van der Waals surface area (Å²) < 4.78 is 1.44. The van der Waals surface area contributed by atoms with Gasteiger partial charge in [-0.15, -0.1) is 5.10 Å². The van der Waals surface area contributed by atoms with Gasteiger partial charge in [0.25, 0.3) is 0 Å². The molecule has 1 N–H and O–H groups in total. The van der Waals surface area contributed by atoms with Gasteiger partial charge in [-0.05, 0) is 11.8 Å². The molecule has 1 aromatic heterocycles. The van der Waals surface area contributed by atoms with Crippen molar-refractivity contribution in [2.75, 3.05) is 11.9 Å². The van der Waals surface area contributed by atoms with Crippen molar-refractivity contribution in [3.05, 3.63) is 16.3 Å². The number of rotatable bonds is 5. The number of nitro groups is 1. The zero-order valence-corrected chi connectivity index (χ0v) is 10.1. The molecular formula is C10H18N4O2. The van der Waals surface area contributed by atoms with Crippen molar-refractivity contribution in [1.82, 2.24) is 9.78 Å². The van der Waals surface area contributed by atoms with E-state index in [0.717, 1.165) is 0 Å². The van der Waals surface area contributed by atoms with Gasteiger partial charge in [0, 0.05) is 13.6 Å². The van der Waals surface area contributed by atoms with Gasteiger partial charge in [-0.3, -0.25) is 14.8 Å². The maximum Gasteiger partial charge on any atom is 0.330 e. The van der Waals surface area contributed by atoms with E-state index in [9.17, 15) is 10.1 Å². The Morgan fingerprint density at radius 3 is 2.69 bits per heavy atom. The Kier molecular flexibility index (Phi) is 3.87. The van der Waals surface area contributed by atoms with Crippen LogP contribution >= 0.6 is 0 Å². The quantitative estimate of drug-likeness (QED) is 0.616. The zero-order chi connectivity index (χ0) is 12.3. The first-order valence-electron chi connectivity index (χ1n) is 5.33. The molecule has 1 rings (SSSR count). The van der Waals surface area contributed by atoms with Crippen LogP contribution in [0.15, 0.2) is 6.20 Å². The van der Waals surface area contributed by atoms with Crippen molar-refractivity contribution in [2.24, 2.45) is 18.9 Å². The Bertz CT molecular complexity index is 373. The van der Waals surface area contributed by atoms with Gasteiger partial charge in [-0.2, -0.15) is 0 Å². The highest BCUT2D eigenvalue weighted by atomic mass is 16.6. The number of hydrogen-bond donors (Lipinski definition) is 1. The maximum absolute atomic E-state index is 10.7. The van der Waals surface area contributed by atoms with Crippen LogP contribution in [0.4, 0.5) is 11.5 Å². The molecule has 0 saturated carbocycles. The molecule has 90 valence electrons. The molecule has 6 heteroatoms. The lowest BCUT2D eigenvalue weighted by molar-refractivity contribution is -0.384. The summed E-state index contributed by atoms with van der Waals surface area (Å²) in [5, 5.41) is 17.8. The Hall–Kier alpha value is -1.59. The number of aryl methyl sites for hydroxylation is 1. The second-order valence-electron chi connectivity index (χ2n) is 4.40. The van der Waals surface area contributed by atoms with Crippen LogP contribution in [0, 0.1) is 22.0 Å². The fraction of sp³-hybridized carbons (Fsp3) is 0.700. The van der Waals surface area contributed by atoms with Crippen LogP contribution in [0.3, 0.4) is 0 Å². The van der Waals surface area contributed by atoms with E-state index in [2.05, 4.69) is 31.2 Å². The fourth-order valence-electron chi connectivity index (χ4n) is 1.23. The summed E-state index contributed by atoms with van der Waals surface area (Å²) in [6.07, 6.45) is 1.41. The number of nitrogens with zero attached hydrogens (tertiary/aromatic N) is 3. The van der Waals surface area contributed by atoms with E-state index in [-0.39, 0.29) is 5.69 Å². The van der Waals surface area contributed by atoms with Crippen molar-refractivity contribution in [1.29, 1.82) is 0 Å². The summed E-state index contributed by atoms with van der Waals surface area (Å²) in [6.45, 7) is 7.04. The maximum atomic E-state index is 10.7. The second-order valence-corrected chi connectivity index (χ2v) is 4.40. The Morgan fingerprint density at radius 2 is 2.19 bits per heavy atom. The van der Waals surface area contributed by atoms with Crippen LogP contribution in [-0.2, 0) is 7.05 Å². The molecule has 0 aliphatic carbocycles. The molecule has 0 spiro atoms. The average molecular weight is 226 g/mol. The smallest absolute Gasteiger partial charge is 0.330 e. The molecule has 0 aliphatic heterocycles. The van der Waals surface area contributed by atoms with E-state index in [4.69, 9.17) is 0 Å². The summed E-state index contributed by atoms with van der Waals surface area (Å²) in [5.41, 5.74) is 0.0263. The lowest BCUT2D eigenvalue weighted by Gasteiger charge is -2.15. The first-order valence-corrected chi connectivity index (χ1v) is 5.33. The van der Waals surface area contributed by atoms with Gasteiger partial charge >= 0.3 is 5.69 Å². The van der Waals surface area contributed by atoms with Crippen molar-refractivity contribution in [3.8, 4) is 0 Å². The number of aromatic nitrogens is 2. The fourth-order valence-corrected chi connectivity index (χ4v) is 1.23. The summed E-state index contributed by atoms with van der Waals surface area (Å²) >= 11 is 0. The van der Waals surface area contributed by atoms with Gasteiger partial charge in [0.2, 0.25) is 5.82 Å². The highest BCUT2D eigenvalue weighted by Crippen LogP contribution is 2.22. The molecule has 0 aliphatic rings. The lowest BCUT2D eigenvalue weighted by Crippen LogP contribution is -2.17. The van der Waals surface area contributed by atoms with Crippen LogP contribution in [0.2, 0.25) is 0 Å². The minimum Gasteiger partial charge on any atom is -0.363 e. The highest BCUT2D eigenvalue weighted by molar-refractivity contribution is 5.54. The third-order valence-electron chi connectivity index (χ3n) is 2.74. The first kappa shape index (κ1) is 12.5. The SMILES string of the molecule is CC(C)C(C)CNc1nn(C)cc1[N+](=O)[O-]. The van der Waals surface area contributed by atoms with Gasteiger partial charge in [0.05, 0.1) is 4.92 Å². The van der Waals surface area contributed by atoms with Crippen molar-refractivity contribution in [3.63, 3.8) is 0 Å². The number of hydrogen-bond acceptors (Lipinski definition) is 4. The molecule has 0 fully saturated rings. The first-order chi connectivity index (χ1) is 7.41. The standard InChI is InChI=1S/C10H18N4O2/c1-7(2)8(3)5-11-10-9(14(15)16)6-13(4)12-10/h6-8H,5H2,1-4H3,(H,11,12). The Morgan fingerprint density at radius 1 is 1.56 bits per heavy atom.